The molecule has 0 unspecified atom stereocenters. The molecule has 3 aromatic rings. The lowest BCUT2D eigenvalue weighted by molar-refractivity contribution is 0.0937. The van der Waals surface area contributed by atoms with E-state index in [9.17, 15) is 14.0 Å². The van der Waals surface area contributed by atoms with Crippen molar-refractivity contribution >= 4 is 28.6 Å². The van der Waals surface area contributed by atoms with Gasteiger partial charge in [-0.15, -0.1) is 0 Å². The van der Waals surface area contributed by atoms with Gasteiger partial charge in [-0.1, -0.05) is 37.7 Å². The van der Waals surface area contributed by atoms with Crippen molar-refractivity contribution in [1.82, 2.24) is 14.9 Å². The van der Waals surface area contributed by atoms with E-state index in [1.54, 1.807) is 28.8 Å². The second-order valence-electron chi connectivity index (χ2n) is 8.70. The minimum Gasteiger partial charge on any atom is -0.376 e. The smallest absolute Gasteiger partial charge is 0.262 e. The summed E-state index contributed by atoms with van der Waals surface area (Å²) in [5.41, 5.74) is 1.58. The Kier molecular flexibility index (Phi) is 7.45. The van der Waals surface area contributed by atoms with E-state index in [4.69, 9.17) is 9.72 Å². The van der Waals surface area contributed by atoms with Crippen molar-refractivity contribution in [1.29, 1.82) is 0 Å². The lowest BCUT2D eigenvalue weighted by atomic mass is 10.1. The van der Waals surface area contributed by atoms with Crippen LogP contribution >= 0.6 is 11.8 Å². The van der Waals surface area contributed by atoms with Crippen molar-refractivity contribution in [2.45, 2.75) is 50.2 Å². The molecular weight excluding hydrogens is 441 g/mol. The molecule has 0 saturated carbocycles. The van der Waals surface area contributed by atoms with E-state index in [0.717, 1.165) is 18.4 Å². The molecule has 2 heterocycles. The average molecular weight is 470 g/mol. The Morgan fingerprint density at radius 3 is 2.88 bits per heavy atom. The van der Waals surface area contributed by atoms with E-state index in [2.05, 4.69) is 5.32 Å². The third-order valence-corrected chi connectivity index (χ3v) is 6.57. The summed E-state index contributed by atoms with van der Waals surface area (Å²) in [5.74, 6) is 0.317. The zero-order chi connectivity index (χ0) is 23.4. The van der Waals surface area contributed by atoms with Crippen molar-refractivity contribution in [3.05, 3.63) is 69.8 Å². The van der Waals surface area contributed by atoms with Crippen LogP contribution in [0.15, 0.2) is 52.4 Å². The molecule has 1 aliphatic heterocycles. The molecule has 0 bridgehead atoms. The van der Waals surface area contributed by atoms with Gasteiger partial charge in [-0.2, -0.15) is 0 Å². The molecule has 174 valence electrons. The summed E-state index contributed by atoms with van der Waals surface area (Å²) in [4.78, 5) is 30.7. The summed E-state index contributed by atoms with van der Waals surface area (Å²) < 4.78 is 21.0. The molecule has 8 heteroatoms. The van der Waals surface area contributed by atoms with Crippen molar-refractivity contribution in [2.24, 2.45) is 5.92 Å². The molecule has 1 aliphatic rings. The number of carbonyl (C=O) groups is 1. The van der Waals surface area contributed by atoms with Crippen LogP contribution in [-0.4, -0.2) is 34.7 Å². The first-order chi connectivity index (χ1) is 15.9. The fraction of sp³-hybridized carbons (Fsp3) is 0.400. The maximum atomic E-state index is 13.6. The van der Waals surface area contributed by atoms with Crippen LogP contribution in [0.3, 0.4) is 0 Å². The van der Waals surface area contributed by atoms with Crippen molar-refractivity contribution in [3.8, 4) is 0 Å². The second kappa shape index (κ2) is 10.5. The van der Waals surface area contributed by atoms with Gasteiger partial charge in [0.25, 0.3) is 11.5 Å². The van der Waals surface area contributed by atoms with Gasteiger partial charge in [-0.25, -0.2) is 9.37 Å². The van der Waals surface area contributed by atoms with Gasteiger partial charge in [-0.3, -0.25) is 14.2 Å². The highest BCUT2D eigenvalue weighted by molar-refractivity contribution is 7.98. The molecule has 1 amide bonds. The Hall–Kier alpha value is -2.71. The minimum absolute atomic E-state index is 0.0310. The minimum atomic E-state index is -0.298. The van der Waals surface area contributed by atoms with Crippen LogP contribution in [0.25, 0.3) is 10.9 Å². The lowest BCUT2D eigenvalue weighted by Gasteiger charge is -2.17. The summed E-state index contributed by atoms with van der Waals surface area (Å²) in [7, 11) is 0. The normalized spacial score (nSPS) is 15.9. The third-order valence-electron chi connectivity index (χ3n) is 5.52. The molecule has 0 aliphatic carbocycles. The van der Waals surface area contributed by atoms with Crippen LogP contribution in [0.2, 0.25) is 0 Å². The second-order valence-corrected chi connectivity index (χ2v) is 9.64. The number of benzene rings is 2. The predicted octanol–water partition coefficient (Wildman–Crippen LogP) is 4.39. The van der Waals surface area contributed by atoms with Gasteiger partial charge in [0, 0.05) is 24.5 Å². The molecular formula is C25H28FN3O3S. The monoisotopic (exact) mass is 469 g/mol. The van der Waals surface area contributed by atoms with E-state index in [-0.39, 0.29) is 23.4 Å². The average Bonchev–Trinajstić information content (AvgIpc) is 3.31. The van der Waals surface area contributed by atoms with Crippen LogP contribution in [-0.2, 0) is 17.0 Å². The summed E-state index contributed by atoms with van der Waals surface area (Å²) in [6.45, 7) is 5.74. The molecule has 1 fully saturated rings. The molecule has 2 aromatic carbocycles. The summed E-state index contributed by atoms with van der Waals surface area (Å²) in [5, 5.41) is 3.89. The SMILES string of the molecule is CC(C)CNC(=O)c1ccc2c(=O)n(C[C@@H]3CCCO3)c(SCc3cccc(F)c3)nc2c1. The number of ether oxygens (including phenoxy) is 1. The highest BCUT2D eigenvalue weighted by Crippen LogP contribution is 2.25. The summed E-state index contributed by atoms with van der Waals surface area (Å²) in [6, 6.07) is 11.4. The number of hydrogen-bond acceptors (Lipinski definition) is 5. The van der Waals surface area contributed by atoms with Crippen LogP contribution in [0.5, 0.6) is 0 Å². The zero-order valence-corrected chi connectivity index (χ0v) is 19.7. The Labute approximate surface area is 196 Å². The number of halogens is 1. The molecule has 4 rings (SSSR count). The van der Waals surface area contributed by atoms with Crippen molar-refractivity contribution < 1.29 is 13.9 Å². The predicted molar refractivity (Wildman–Crippen MR) is 128 cm³/mol. The summed E-state index contributed by atoms with van der Waals surface area (Å²) in [6.07, 6.45) is 1.84. The Balaban J connectivity index is 1.68. The Morgan fingerprint density at radius 2 is 2.15 bits per heavy atom. The standard InChI is InChI=1S/C25H28FN3O3S/c1-16(2)13-27-23(30)18-8-9-21-22(12-18)28-25(33-15-17-5-3-6-19(26)11-17)29(24(21)31)14-20-7-4-10-32-20/h3,5-6,8-9,11-12,16,20H,4,7,10,13-15H2,1-2H3,(H,27,30)/t20-/m0/s1. The number of thioether (sulfide) groups is 1. The lowest BCUT2D eigenvalue weighted by Crippen LogP contribution is -2.29. The first-order valence-corrected chi connectivity index (χ1v) is 12.2. The maximum Gasteiger partial charge on any atom is 0.262 e. The first-order valence-electron chi connectivity index (χ1n) is 11.2. The number of aromatic nitrogens is 2. The van der Waals surface area contributed by atoms with E-state index < -0.39 is 0 Å². The number of rotatable bonds is 8. The Bertz CT molecular complexity index is 1210. The van der Waals surface area contributed by atoms with Crippen LogP contribution < -0.4 is 10.9 Å². The zero-order valence-electron chi connectivity index (χ0n) is 18.8. The molecule has 0 spiro atoms. The number of carbonyl (C=O) groups excluding carboxylic acids is 1. The van der Waals surface area contributed by atoms with Crippen molar-refractivity contribution in [2.75, 3.05) is 13.2 Å². The fourth-order valence-corrected chi connectivity index (χ4v) is 4.73. The molecule has 1 aromatic heterocycles. The van der Waals surface area contributed by atoms with Crippen LogP contribution in [0, 0.1) is 11.7 Å². The molecule has 33 heavy (non-hydrogen) atoms. The third kappa shape index (κ3) is 5.81. The van der Waals surface area contributed by atoms with Gasteiger partial charge in [-0.05, 0) is 54.7 Å². The first kappa shape index (κ1) is 23.4. The Morgan fingerprint density at radius 1 is 1.30 bits per heavy atom. The van der Waals surface area contributed by atoms with Crippen LogP contribution in [0.1, 0.15) is 42.6 Å². The van der Waals surface area contributed by atoms with Gasteiger partial charge in [0.15, 0.2) is 5.16 Å². The van der Waals surface area contributed by atoms with E-state index in [1.807, 2.05) is 19.9 Å². The van der Waals surface area contributed by atoms with Gasteiger partial charge in [0.1, 0.15) is 5.82 Å². The maximum absolute atomic E-state index is 13.6. The van der Waals surface area contributed by atoms with E-state index >= 15 is 0 Å². The molecule has 6 nitrogen and oxygen atoms in total. The quantitative estimate of drug-likeness (QED) is 0.391. The summed E-state index contributed by atoms with van der Waals surface area (Å²) >= 11 is 1.38. The van der Waals surface area contributed by atoms with Crippen LogP contribution in [0.4, 0.5) is 4.39 Å². The fourth-order valence-electron chi connectivity index (χ4n) is 3.78. The van der Waals surface area contributed by atoms with Crippen molar-refractivity contribution in [3.63, 3.8) is 0 Å². The molecule has 0 radical (unpaired) electrons. The highest BCUT2D eigenvalue weighted by atomic mass is 32.2. The van der Waals surface area contributed by atoms with E-state index in [1.165, 1.54) is 23.9 Å². The van der Waals surface area contributed by atoms with Gasteiger partial charge in [0.2, 0.25) is 0 Å². The number of nitrogens with zero attached hydrogens (tertiary/aromatic N) is 2. The number of amides is 1. The molecule has 1 saturated heterocycles. The van der Waals surface area contributed by atoms with Gasteiger partial charge >= 0.3 is 0 Å². The van der Waals surface area contributed by atoms with E-state index in [0.29, 0.717) is 53.0 Å². The number of nitrogens with one attached hydrogen (secondary N) is 1. The number of fused-ring (bicyclic) bond motifs is 1. The highest BCUT2D eigenvalue weighted by Gasteiger charge is 2.21. The molecule has 1 atom stereocenters. The molecule has 1 N–H and O–H groups in total. The largest absolute Gasteiger partial charge is 0.376 e. The van der Waals surface area contributed by atoms with Gasteiger partial charge in [0.05, 0.1) is 23.6 Å². The topological polar surface area (TPSA) is 73.2 Å². The van der Waals surface area contributed by atoms with Gasteiger partial charge < -0.3 is 10.1 Å². The number of hydrogen-bond donors (Lipinski definition) is 1.